The van der Waals surface area contributed by atoms with E-state index in [4.69, 9.17) is 16.3 Å². The predicted molar refractivity (Wildman–Crippen MR) is 124 cm³/mol. The molecule has 0 aliphatic carbocycles. The number of amides is 1. The van der Waals surface area contributed by atoms with Gasteiger partial charge in [0.05, 0.1) is 13.2 Å². The number of hydrogen-bond acceptors (Lipinski definition) is 3. The van der Waals surface area contributed by atoms with Gasteiger partial charge in [0.1, 0.15) is 11.5 Å². The molecule has 168 valence electrons. The van der Waals surface area contributed by atoms with Crippen LogP contribution in [0.5, 0.6) is 0 Å². The molecule has 0 bridgehead atoms. The van der Waals surface area contributed by atoms with E-state index in [9.17, 15) is 9.18 Å². The summed E-state index contributed by atoms with van der Waals surface area (Å²) in [5.41, 5.74) is 3.34. The maximum absolute atomic E-state index is 14.4. The zero-order valence-corrected chi connectivity index (χ0v) is 18.7. The Bertz CT molecular complexity index is 1100. The zero-order valence-electron chi connectivity index (χ0n) is 17.9. The van der Waals surface area contributed by atoms with E-state index in [0.717, 1.165) is 42.4 Å². The number of likely N-dealkylation sites (tertiary alicyclic amines) is 1. The van der Waals surface area contributed by atoms with Crippen LogP contribution in [0.2, 0.25) is 5.02 Å². The quantitative estimate of drug-likeness (QED) is 0.614. The first-order valence-corrected chi connectivity index (χ1v) is 11.6. The van der Waals surface area contributed by atoms with Crippen molar-refractivity contribution in [3.05, 3.63) is 70.1 Å². The van der Waals surface area contributed by atoms with Gasteiger partial charge in [-0.15, -0.1) is 0 Å². The number of hydrogen-bond donors (Lipinski definition) is 1. The predicted octanol–water partition coefficient (Wildman–Crippen LogP) is 4.81. The third-order valence-corrected chi connectivity index (χ3v) is 7.03. The number of aromatic nitrogens is 1. The van der Waals surface area contributed by atoms with Crippen molar-refractivity contribution >= 4 is 28.4 Å². The second-order valence-corrected chi connectivity index (χ2v) is 9.02. The van der Waals surface area contributed by atoms with Crippen LogP contribution in [-0.2, 0) is 11.3 Å². The highest BCUT2D eigenvalue weighted by atomic mass is 35.5. The Hall–Kier alpha value is -2.41. The summed E-state index contributed by atoms with van der Waals surface area (Å²) in [4.78, 5) is 20.9. The van der Waals surface area contributed by atoms with E-state index in [1.807, 2.05) is 23.1 Å². The van der Waals surface area contributed by atoms with Gasteiger partial charge >= 0.3 is 0 Å². The minimum absolute atomic E-state index is 0.0347. The number of benzene rings is 2. The Kier molecular flexibility index (Phi) is 6.17. The van der Waals surface area contributed by atoms with E-state index in [-0.39, 0.29) is 17.6 Å². The van der Waals surface area contributed by atoms with Crippen LogP contribution in [-0.4, -0.2) is 60.1 Å². The number of fused-ring (bicyclic) bond motifs is 1. The molecule has 0 spiro atoms. The molecule has 2 fully saturated rings. The lowest BCUT2D eigenvalue weighted by atomic mass is 9.88. The fourth-order valence-electron chi connectivity index (χ4n) is 4.98. The lowest BCUT2D eigenvalue weighted by molar-refractivity contribution is 0.0298. The van der Waals surface area contributed by atoms with Crippen molar-refractivity contribution in [2.75, 3.05) is 39.4 Å². The lowest BCUT2D eigenvalue weighted by Gasteiger charge is -2.33. The van der Waals surface area contributed by atoms with Crippen molar-refractivity contribution in [3.63, 3.8) is 0 Å². The van der Waals surface area contributed by atoms with Gasteiger partial charge in [0.25, 0.3) is 5.91 Å². The minimum Gasteiger partial charge on any atom is -0.378 e. The highest BCUT2D eigenvalue weighted by molar-refractivity contribution is 6.31. The Morgan fingerprint density at radius 1 is 1.06 bits per heavy atom. The van der Waals surface area contributed by atoms with Gasteiger partial charge in [-0.05, 0) is 50.0 Å². The smallest absolute Gasteiger partial charge is 0.270 e. The molecule has 3 aromatic rings. The Balaban J connectivity index is 1.36. The monoisotopic (exact) mass is 455 g/mol. The summed E-state index contributed by atoms with van der Waals surface area (Å²) in [6.45, 7) is 4.74. The molecule has 7 heteroatoms. The van der Waals surface area contributed by atoms with Gasteiger partial charge in [0, 0.05) is 46.7 Å². The number of nitrogens with one attached hydrogen (secondary N) is 1. The summed E-state index contributed by atoms with van der Waals surface area (Å²) in [6.07, 6.45) is 1.69. The van der Waals surface area contributed by atoms with Crippen LogP contribution in [0.1, 0.15) is 40.4 Å². The van der Waals surface area contributed by atoms with Gasteiger partial charge in [0.2, 0.25) is 0 Å². The molecule has 0 unspecified atom stereocenters. The largest absolute Gasteiger partial charge is 0.378 e. The van der Waals surface area contributed by atoms with Gasteiger partial charge < -0.3 is 14.6 Å². The maximum Gasteiger partial charge on any atom is 0.270 e. The highest BCUT2D eigenvalue weighted by Crippen LogP contribution is 2.35. The first kappa shape index (κ1) is 21.4. The van der Waals surface area contributed by atoms with E-state index >= 15 is 0 Å². The topological polar surface area (TPSA) is 48.6 Å². The standard InChI is InChI=1S/C25H27ClFN3O2/c26-20-5-3-6-21(27)23(20)17-8-10-29(11-9-17)16-19-18-4-1-2-7-22(18)28-24(19)25(31)30-12-14-32-15-13-30/h1-7,17,28H,8-16H2. The van der Waals surface area contributed by atoms with Crippen molar-refractivity contribution < 1.29 is 13.9 Å². The van der Waals surface area contributed by atoms with Crippen LogP contribution in [0.4, 0.5) is 4.39 Å². The number of carbonyl (C=O) groups is 1. The number of halogens is 2. The number of carbonyl (C=O) groups excluding carboxylic acids is 1. The number of morpholine rings is 1. The van der Waals surface area contributed by atoms with E-state index in [1.54, 1.807) is 12.1 Å². The molecule has 1 amide bonds. The molecule has 1 aromatic heterocycles. The first-order valence-electron chi connectivity index (χ1n) is 11.2. The summed E-state index contributed by atoms with van der Waals surface area (Å²) in [6, 6.07) is 13.0. The minimum atomic E-state index is -0.217. The second-order valence-electron chi connectivity index (χ2n) is 8.61. The van der Waals surface area contributed by atoms with Crippen LogP contribution >= 0.6 is 11.6 Å². The van der Waals surface area contributed by atoms with Crippen molar-refractivity contribution in [3.8, 4) is 0 Å². The molecule has 32 heavy (non-hydrogen) atoms. The molecule has 2 saturated heterocycles. The number of ether oxygens (including phenoxy) is 1. The fraction of sp³-hybridized carbons (Fsp3) is 0.400. The first-order chi connectivity index (χ1) is 15.6. The van der Waals surface area contributed by atoms with E-state index in [0.29, 0.717) is 49.1 Å². The fourth-order valence-corrected chi connectivity index (χ4v) is 5.29. The summed E-state index contributed by atoms with van der Waals surface area (Å²) in [5, 5.41) is 1.60. The Labute approximate surface area is 192 Å². The van der Waals surface area contributed by atoms with E-state index in [2.05, 4.69) is 16.0 Å². The number of rotatable bonds is 4. The van der Waals surface area contributed by atoms with Crippen LogP contribution in [0.15, 0.2) is 42.5 Å². The molecular weight excluding hydrogens is 429 g/mol. The average molecular weight is 456 g/mol. The molecule has 3 heterocycles. The van der Waals surface area contributed by atoms with Crippen molar-refractivity contribution in [1.29, 1.82) is 0 Å². The molecule has 0 atom stereocenters. The SMILES string of the molecule is O=C(c1[nH]c2ccccc2c1CN1CCC(c2c(F)cccc2Cl)CC1)N1CCOCC1. The lowest BCUT2D eigenvalue weighted by Crippen LogP contribution is -2.41. The number of nitrogens with zero attached hydrogens (tertiary/aromatic N) is 2. The van der Waals surface area contributed by atoms with Crippen LogP contribution in [0, 0.1) is 5.82 Å². The van der Waals surface area contributed by atoms with Gasteiger partial charge in [-0.3, -0.25) is 9.69 Å². The van der Waals surface area contributed by atoms with Gasteiger partial charge in [-0.1, -0.05) is 35.9 Å². The Morgan fingerprint density at radius 2 is 1.81 bits per heavy atom. The third-order valence-electron chi connectivity index (χ3n) is 6.70. The maximum atomic E-state index is 14.4. The average Bonchev–Trinajstić information content (AvgIpc) is 3.18. The molecule has 2 aliphatic rings. The van der Waals surface area contributed by atoms with E-state index in [1.165, 1.54) is 6.07 Å². The molecular formula is C25H27ClFN3O2. The Morgan fingerprint density at radius 3 is 2.56 bits per heavy atom. The van der Waals surface area contributed by atoms with Crippen LogP contribution in [0.25, 0.3) is 10.9 Å². The number of H-pyrrole nitrogens is 1. The van der Waals surface area contributed by atoms with Crippen LogP contribution in [0.3, 0.4) is 0 Å². The normalized spacial score (nSPS) is 18.4. The summed E-state index contributed by atoms with van der Waals surface area (Å²) < 4.78 is 19.8. The molecule has 2 aliphatic heterocycles. The molecule has 5 rings (SSSR count). The van der Waals surface area contributed by atoms with Crippen molar-refractivity contribution in [2.24, 2.45) is 0 Å². The van der Waals surface area contributed by atoms with Crippen LogP contribution < -0.4 is 0 Å². The molecule has 0 radical (unpaired) electrons. The summed E-state index contributed by atoms with van der Waals surface area (Å²) in [7, 11) is 0. The molecule has 1 N–H and O–H groups in total. The third kappa shape index (κ3) is 4.15. The number of para-hydroxylation sites is 1. The molecule has 0 saturated carbocycles. The summed E-state index contributed by atoms with van der Waals surface area (Å²) in [5.74, 6) is -0.0594. The molecule has 2 aromatic carbocycles. The van der Waals surface area contributed by atoms with Gasteiger partial charge in [-0.25, -0.2) is 4.39 Å². The van der Waals surface area contributed by atoms with Gasteiger partial charge in [0.15, 0.2) is 0 Å². The molecule has 5 nitrogen and oxygen atoms in total. The zero-order chi connectivity index (χ0) is 22.1. The number of aromatic amines is 1. The second kappa shape index (κ2) is 9.22. The van der Waals surface area contributed by atoms with Gasteiger partial charge in [-0.2, -0.15) is 0 Å². The van der Waals surface area contributed by atoms with Crippen molar-refractivity contribution in [2.45, 2.75) is 25.3 Å². The highest BCUT2D eigenvalue weighted by Gasteiger charge is 2.28. The summed E-state index contributed by atoms with van der Waals surface area (Å²) >= 11 is 6.30. The van der Waals surface area contributed by atoms with Crippen molar-refractivity contribution in [1.82, 2.24) is 14.8 Å². The van der Waals surface area contributed by atoms with E-state index < -0.39 is 0 Å². The number of piperidine rings is 1.